The molecular formula is C14H10N4S. The molecule has 3 aromatic heterocycles. The van der Waals surface area contributed by atoms with Gasteiger partial charge in [0, 0.05) is 10.4 Å². The SMILES string of the molecule is Cc1sc2ncn3cnnc3c2c1-c1ccccc1. The second kappa shape index (κ2) is 3.86. The Hall–Kier alpha value is -2.27. The molecule has 3 heterocycles. The summed E-state index contributed by atoms with van der Waals surface area (Å²) in [7, 11) is 0. The monoisotopic (exact) mass is 266 g/mol. The van der Waals surface area contributed by atoms with Gasteiger partial charge in [-0.1, -0.05) is 30.3 Å². The first kappa shape index (κ1) is 10.6. The zero-order valence-corrected chi connectivity index (χ0v) is 11.1. The number of benzene rings is 1. The van der Waals surface area contributed by atoms with E-state index in [1.165, 1.54) is 16.0 Å². The minimum atomic E-state index is 0.869. The molecule has 0 N–H and O–H groups in total. The van der Waals surface area contributed by atoms with Gasteiger partial charge >= 0.3 is 0 Å². The number of hydrogen-bond acceptors (Lipinski definition) is 4. The molecule has 0 atom stereocenters. The van der Waals surface area contributed by atoms with Crippen molar-refractivity contribution in [2.45, 2.75) is 6.92 Å². The van der Waals surface area contributed by atoms with Gasteiger partial charge in [-0.25, -0.2) is 4.98 Å². The largest absolute Gasteiger partial charge is 0.271 e. The molecule has 0 unspecified atom stereocenters. The van der Waals surface area contributed by atoms with E-state index in [9.17, 15) is 0 Å². The molecule has 0 aliphatic rings. The van der Waals surface area contributed by atoms with Crippen molar-refractivity contribution in [3.05, 3.63) is 47.9 Å². The van der Waals surface area contributed by atoms with E-state index in [2.05, 4.69) is 46.4 Å². The van der Waals surface area contributed by atoms with Gasteiger partial charge in [0.2, 0.25) is 0 Å². The predicted octanol–water partition coefficient (Wildman–Crippen LogP) is 3.31. The molecule has 0 saturated carbocycles. The molecule has 0 bridgehead atoms. The molecule has 0 amide bonds. The smallest absolute Gasteiger partial charge is 0.172 e. The molecule has 4 nitrogen and oxygen atoms in total. The molecule has 0 radical (unpaired) electrons. The molecule has 0 saturated heterocycles. The van der Waals surface area contributed by atoms with Gasteiger partial charge in [-0.3, -0.25) is 4.40 Å². The Morgan fingerprint density at radius 2 is 1.95 bits per heavy atom. The van der Waals surface area contributed by atoms with Crippen LogP contribution in [0.5, 0.6) is 0 Å². The molecule has 4 rings (SSSR count). The number of aryl methyl sites for hydroxylation is 1. The van der Waals surface area contributed by atoms with Gasteiger partial charge in [0.25, 0.3) is 0 Å². The summed E-state index contributed by atoms with van der Waals surface area (Å²) in [6, 6.07) is 10.4. The van der Waals surface area contributed by atoms with Crippen molar-refractivity contribution in [1.82, 2.24) is 19.6 Å². The average Bonchev–Trinajstić information content (AvgIpc) is 3.02. The van der Waals surface area contributed by atoms with Crippen LogP contribution in [-0.2, 0) is 0 Å². The van der Waals surface area contributed by atoms with Crippen molar-refractivity contribution in [1.29, 1.82) is 0 Å². The van der Waals surface area contributed by atoms with E-state index >= 15 is 0 Å². The normalized spacial score (nSPS) is 11.4. The van der Waals surface area contributed by atoms with Crippen LogP contribution in [0, 0.1) is 6.92 Å². The van der Waals surface area contributed by atoms with Crippen molar-refractivity contribution >= 4 is 27.2 Å². The van der Waals surface area contributed by atoms with Crippen molar-refractivity contribution in [2.75, 3.05) is 0 Å². The highest BCUT2D eigenvalue weighted by Gasteiger charge is 2.16. The molecule has 4 aromatic rings. The minimum Gasteiger partial charge on any atom is -0.271 e. The van der Waals surface area contributed by atoms with Crippen molar-refractivity contribution < 1.29 is 0 Å². The van der Waals surface area contributed by atoms with E-state index in [1.807, 2.05) is 10.5 Å². The van der Waals surface area contributed by atoms with Crippen LogP contribution in [0.4, 0.5) is 0 Å². The summed E-state index contributed by atoms with van der Waals surface area (Å²) in [6.45, 7) is 2.13. The first-order valence-corrected chi connectivity index (χ1v) is 6.79. The summed E-state index contributed by atoms with van der Waals surface area (Å²) in [5.41, 5.74) is 3.28. The summed E-state index contributed by atoms with van der Waals surface area (Å²) in [6.07, 6.45) is 3.45. The number of aromatic nitrogens is 4. The van der Waals surface area contributed by atoms with E-state index in [0.717, 1.165) is 15.9 Å². The van der Waals surface area contributed by atoms with Gasteiger partial charge in [-0.15, -0.1) is 21.5 Å². The standard InChI is InChI=1S/C14H10N4S/c1-9-11(10-5-3-2-4-6-10)12-13-17-16-8-18(13)7-15-14(12)19-9/h2-8H,1H3. The molecule has 1 aromatic carbocycles. The van der Waals surface area contributed by atoms with Gasteiger partial charge in [0.05, 0.1) is 5.39 Å². The number of rotatable bonds is 1. The molecule has 0 spiro atoms. The number of fused-ring (bicyclic) bond motifs is 3. The maximum atomic E-state index is 4.49. The van der Waals surface area contributed by atoms with Gasteiger partial charge in [-0.2, -0.15) is 0 Å². The topological polar surface area (TPSA) is 43.1 Å². The molecule has 0 aliphatic heterocycles. The quantitative estimate of drug-likeness (QED) is 0.531. The number of hydrogen-bond donors (Lipinski definition) is 0. The first-order valence-electron chi connectivity index (χ1n) is 5.97. The lowest BCUT2D eigenvalue weighted by Crippen LogP contribution is -1.87. The minimum absolute atomic E-state index is 0.869. The van der Waals surface area contributed by atoms with Crippen LogP contribution in [-0.4, -0.2) is 19.6 Å². The number of thiophene rings is 1. The Morgan fingerprint density at radius 1 is 1.11 bits per heavy atom. The van der Waals surface area contributed by atoms with Crippen molar-refractivity contribution in [2.24, 2.45) is 0 Å². The summed E-state index contributed by atoms with van der Waals surface area (Å²) < 4.78 is 1.86. The van der Waals surface area contributed by atoms with Crippen LogP contribution in [0.2, 0.25) is 0 Å². The third kappa shape index (κ3) is 1.48. The molecular weight excluding hydrogens is 256 g/mol. The van der Waals surface area contributed by atoms with E-state index in [1.54, 1.807) is 24.0 Å². The second-order valence-corrected chi connectivity index (χ2v) is 5.59. The highest BCUT2D eigenvalue weighted by molar-refractivity contribution is 7.19. The maximum absolute atomic E-state index is 4.49. The highest BCUT2D eigenvalue weighted by Crippen LogP contribution is 2.38. The van der Waals surface area contributed by atoms with E-state index in [0.29, 0.717) is 0 Å². The fourth-order valence-electron chi connectivity index (χ4n) is 2.40. The van der Waals surface area contributed by atoms with Crippen LogP contribution in [0.25, 0.3) is 27.0 Å². The molecule has 0 aliphatic carbocycles. The Morgan fingerprint density at radius 3 is 2.79 bits per heavy atom. The summed E-state index contributed by atoms with van der Waals surface area (Å²) in [4.78, 5) is 6.76. The Labute approximate surface area is 113 Å². The lowest BCUT2D eigenvalue weighted by atomic mass is 10.0. The van der Waals surface area contributed by atoms with Crippen LogP contribution in [0.15, 0.2) is 43.0 Å². The lowest BCUT2D eigenvalue weighted by Gasteiger charge is -2.02. The zero-order chi connectivity index (χ0) is 12.8. The summed E-state index contributed by atoms with van der Waals surface area (Å²) in [5.74, 6) is 0. The summed E-state index contributed by atoms with van der Waals surface area (Å²) >= 11 is 1.70. The molecule has 92 valence electrons. The van der Waals surface area contributed by atoms with E-state index in [-0.39, 0.29) is 0 Å². The third-order valence-corrected chi connectivity index (χ3v) is 4.24. The van der Waals surface area contributed by atoms with Gasteiger partial charge < -0.3 is 0 Å². The number of nitrogens with zero attached hydrogens (tertiary/aromatic N) is 4. The second-order valence-electron chi connectivity index (χ2n) is 4.39. The third-order valence-electron chi connectivity index (χ3n) is 3.22. The average molecular weight is 266 g/mol. The van der Waals surface area contributed by atoms with E-state index < -0.39 is 0 Å². The summed E-state index contributed by atoms with van der Waals surface area (Å²) in [5, 5.41) is 9.29. The van der Waals surface area contributed by atoms with E-state index in [4.69, 9.17) is 0 Å². The molecule has 5 heteroatoms. The van der Waals surface area contributed by atoms with Crippen molar-refractivity contribution in [3.63, 3.8) is 0 Å². The Kier molecular flexibility index (Phi) is 2.16. The maximum Gasteiger partial charge on any atom is 0.172 e. The molecule has 0 fully saturated rings. The fraction of sp³-hybridized carbons (Fsp3) is 0.0714. The van der Waals surface area contributed by atoms with Gasteiger partial charge in [0.15, 0.2) is 5.65 Å². The Balaban J connectivity index is 2.20. The van der Waals surface area contributed by atoms with Gasteiger partial charge in [-0.05, 0) is 12.5 Å². The van der Waals surface area contributed by atoms with Crippen molar-refractivity contribution in [3.8, 4) is 11.1 Å². The van der Waals surface area contributed by atoms with Gasteiger partial charge in [0.1, 0.15) is 17.5 Å². The first-order chi connectivity index (χ1) is 9.34. The highest BCUT2D eigenvalue weighted by atomic mass is 32.1. The zero-order valence-electron chi connectivity index (χ0n) is 10.2. The van der Waals surface area contributed by atoms with Crippen LogP contribution >= 0.6 is 11.3 Å². The lowest BCUT2D eigenvalue weighted by molar-refractivity contribution is 1.08. The predicted molar refractivity (Wildman–Crippen MR) is 76.3 cm³/mol. The van der Waals surface area contributed by atoms with Crippen LogP contribution in [0.1, 0.15) is 4.88 Å². The van der Waals surface area contributed by atoms with Crippen LogP contribution in [0.3, 0.4) is 0 Å². The molecule has 19 heavy (non-hydrogen) atoms. The fourth-order valence-corrected chi connectivity index (χ4v) is 3.41. The Bertz CT molecular complexity index is 876. The van der Waals surface area contributed by atoms with Crippen LogP contribution < -0.4 is 0 Å².